The highest BCUT2D eigenvalue weighted by Gasteiger charge is 2.15. The maximum atomic E-state index is 13.6. The summed E-state index contributed by atoms with van der Waals surface area (Å²) in [6.07, 6.45) is 2.46. The van der Waals surface area contributed by atoms with Crippen molar-refractivity contribution in [3.63, 3.8) is 0 Å². The summed E-state index contributed by atoms with van der Waals surface area (Å²) in [4.78, 5) is 31.5. The third-order valence-electron chi connectivity index (χ3n) is 3.66. The number of aromatic nitrogens is 2. The lowest BCUT2D eigenvalue weighted by molar-refractivity contribution is 0.0600. The van der Waals surface area contributed by atoms with Crippen molar-refractivity contribution in [1.29, 1.82) is 0 Å². The number of ether oxygens (including phenoxy) is 1. The highest BCUT2D eigenvalue weighted by molar-refractivity contribution is 6.02. The number of nitrogens with one attached hydrogen (secondary N) is 2. The number of hydrogen-bond donors (Lipinski definition) is 2. The number of hydrogen-bond acceptors (Lipinski definition) is 6. The number of carbonyl (C=O) groups excluding carboxylic acids is 2. The molecule has 3 aromatic rings. The van der Waals surface area contributed by atoms with Gasteiger partial charge in [-0.3, -0.25) is 4.79 Å². The van der Waals surface area contributed by atoms with E-state index in [1.165, 1.54) is 25.6 Å². The predicted molar refractivity (Wildman–Crippen MR) is 97.4 cm³/mol. The van der Waals surface area contributed by atoms with Gasteiger partial charge in [0.05, 0.1) is 25.1 Å². The van der Waals surface area contributed by atoms with Gasteiger partial charge in [-0.2, -0.15) is 0 Å². The SMILES string of the molecule is COC(=O)c1ccc(Nc2cnc(C(=O)Nc3c(F)cccc3F)cn2)cc1. The normalized spacial score (nSPS) is 10.2. The van der Waals surface area contributed by atoms with E-state index in [0.29, 0.717) is 17.1 Å². The molecular weight excluding hydrogens is 370 g/mol. The summed E-state index contributed by atoms with van der Waals surface area (Å²) in [6.45, 7) is 0. The smallest absolute Gasteiger partial charge is 0.337 e. The van der Waals surface area contributed by atoms with Crippen LogP contribution in [-0.2, 0) is 4.74 Å². The molecule has 1 aromatic heterocycles. The number of amides is 1. The van der Waals surface area contributed by atoms with Crippen molar-refractivity contribution >= 4 is 29.1 Å². The number of carbonyl (C=O) groups is 2. The van der Waals surface area contributed by atoms with Crippen LogP contribution in [0.3, 0.4) is 0 Å². The Morgan fingerprint density at radius 3 is 2.21 bits per heavy atom. The van der Waals surface area contributed by atoms with Crippen molar-refractivity contribution in [1.82, 2.24) is 9.97 Å². The topological polar surface area (TPSA) is 93.2 Å². The Morgan fingerprint density at radius 2 is 1.64 bits per heavy atom. The number of esters is 1. The highest BCUT2D eigenvalue weighted by atomic mass is 19.1. The molecule has 1 heterocycles. The van der Waals surface area contributed by atoms with Gasteiger partial charge in [0.1, 0.15) is 28.8 Å². The molecule has 2 aromatic carbocycles. The van der Waals surface area contributed by atoms with E-state index in [1.54, 1.807) is 24.3 Å². The van der Waals surface area contributed by atoms with Gasteiger partial charge in [0, 0.05) is 5.69 Å². The first-order valence-electron chi connectivity index (χ1n) is 8.00. The first-order valence-corrected chi connectivity index (χ1v) is 8.00. The molecule has 2 N–H and O–H groups in total. The maximum Gasteiger partial charge on any atom is 0.337 e. The molecule has 0 saturated heterocycles. The van der Waals surface area contributed by atoms with Crippen molar-refractivity contribution in [3.05, 3.63) is 77.8 Å². The van der Waals surface area contributed by atoms with Gasteiger partial charge < -0.3 is 15.4 Å². The zero-order valence-electron chi connectivity index (χ0n) is 14.6. The first kappa shape index (κ1) is 18.9. The Balaban J connectivity index is 1.68. The van der Waals surface area contributed by atoms with Crippen LogP contribution >= 0.6 is 0 Å². The molecule has 0 aliphatic heterocycles. The molecule has 1 amide bonds. The average molecular weight is 384 g/mol. The number of halogens is 2. The molecule has 28 heavy (non-hydrogen) atoms. The summed E-state index contributed by atoms with van der Waals surface area (Å²) in [7, 11) is 1.29. The molecule has 0 radical (unpaired) electrons. The van der Waals surface area contributed by atoms with Crippen LogP contribution in [0.5, 0.6) is 0 Å². The maximum absolute atomic E-state index is 13.6. The van der Waals surface area contributed by atoms with Gasteiger partial charge in [0.15, 0.2) is 0 Å². The summed E-state index contributed by atoms with van der Waals surface area (Å²) >= 11 is 0. The standard InChI is InChI=1S/C19H14F2N4O3/c1-28-19(27)11-5-7-12(8-6-11)24-16-10-22-15(9-23-16)18(26)25-17-13(20)3-2-4-14(17)21/h2-10H,1H3,(H,23,24)(H,25,26). The lowest BCUT2D eigenvalue weighted by Gasteiger charge is -2.08. The summed E-state index contributed by atoms with van der Waals surface area (Å²) in [5.74, 6) is -2.71. The number of para-hydroxylation sites is 1. The van der Waals surface area contributed by atoms with Crippen molar-refractivity contribution < 1.29 is 23.1 Å². The second-order valence-corrected chi connectivity index (χ2v) is 5.53. The Kier molecular flexibility index (Phi) is 5.54. The summed E-state index contributed by atoms with van der Waals surface area (Å²) in [5.41, 5.74) is 0.357. The van der Waals surface area contributed by atoms with E-state index in [-0.39, 0.29) is 5.69 Å². The third-order valence-corrected chi connectivity index (χ3v) is 3.66. The molecule has 0 saturated carbocycles. The monoisotopic (exact) mass is 384 g/mol. The van der Waals surface area contributed by atoms with Crippen molar-refractivity contribution in [2.45, 2.75) is 0 Å². The number of benzene rings is 2. The number of methoxy groups -OCH3 is 1. The molecular formula is C19H14F2N4O3. The van der Waals surface area contributed by atoms with Gasteiger partial charge in [0.25, 0.3) is 5.91 Å². The summed E-state index contributed by atoms with van der Waals surface area (Å²) in [5, 5.41) is 5.08. The van der Waals surface area contributed by atoms with Gasteiger partial charge in [-0.1, -0.05) is 6.07 Å². The minimum Gasteiger partial charge on any atom is -0.465 e. The molecule has 7 nitrogen and oxygen atoms in total. The molecule has 0 unspecified atom stereocenters. The van der Waals surface area contributed by atoms with E-state index in [9.17, 15) is 18.4 Å². The molecule has 0 aliphatic rings. The van der Waals surface area contributed by atoms with Crippen LogP contribution in [-0.4, -0.2) is 29.0 Å². The molecule has 0 fully saturated rings. The van der Waals surface area contributed by atoms with Gasteiger partial charge in [-0.25, -0.2) is 23.5 Å². The quantitative estimate of drug-likeness (QED) is 0.654. The van der Waals surface area contributed by atoms with Crippen molar-refractivity contribution in [3.8, 4) is 0 Å². The van der Waals surface area contributed by atoms with Gasteiger partial charge in [-0.05, 0) is 36.4 Å². The minimum atomic E-state index is -0.894. The second-order valence-electron chi connectivity index (χ2n) is 5.53. The minimum absolute atomic E-state index is 0.116. The summed E-state index contributed by atoms with van der Waals surface area (Å²) < 4.78 is 31.8. The number of anilines is 3. The lowest BCUT2D eigenvalue weighted by Crippen LogP contribution is -2.16. The zero-order valence-corrected chi connectivity index (χ0v) is 14.6. The molecule has 0 spiro atoms. The molecule has 0 aliphatic carbocycles. The van der Waals surface area contributed by atoms with E-state index in [4.69, 9.17) is 0 Å². The highest BCUT2D eigenvalue weighted by Crippen LogP contribution is 2.19. The van der Waals surface area contributed by atoms with Crippen LogP contribution in [0, 0.1) is 11.6 Å². The first-order chi connectivity index (χ1) is 13.5. The molecule has 0 bridgehead atoms. The van der Waals surface area contributed by atoms with Gasteiger partial charge >= 0.3 is 5.97 Å². The van der Waals surface area contributed by atoms with Crippen molar-refractivity contribution in [2.75, 3.05) is 17.7 Å². The molecule has 142 valence electrons. The van der Waals surface area contributed by atoms with Gasteiger partial charge in [0.2, 0.25) is 0 Å². The molecule has 9 heteroatoms. The number of nitrogens with zero attached hydrogens (tertiary/aromatic N) is 2. The second kappa shape index (κ2) is 8.21. The third kappa shape index (κ3) is 4.26. The van der Waals surface area contributed by atoms with Crippen LogP contribution in [0.15, 0.2) is 54.9 Å². The summed E-state index contributed by atoms with van der Waals surface area (Å²) in [6, 6.07) is 9.70. The van der Waals surface area contributed by atoms with E-state index in [1.807, 2.05) is 0 Å². The average Bonchev–Trinajstić information content (AvgIpc) is 2.71. The largest absolute Gasteiger partial charge is 0.465 e. The van der Waals surface area contributed by atoms with Gasteiger partial charge in [-0.15, -0.1) is 0 Å². The van der Waals surface area contributed by atoms with E-state index < -0.39 is 29.2 Å². The molecule has 3 rings (SSSR count). The molecule has 0 atom stereocenters. The Bertz CT molecular complexity index is 988. The van der Waals surface area contributed by atoms with Crippen LogP contribution in [0.2, 0.25) is 0 Å². The Hall–Kier alpha value is -3.88. The zero-order chi connectivity index (χ0) is 20.1. The fourth-order valence-corrected chi connectivity index (χ4v) is 2.26. The fraction of sp³-hybridized carbons (Fsp3) is 0.0526. The van der Waals surface area contributed by atoms with E-state index in [2.05, 4.69) is 25.3 Å². The van der Waals surface area contributed by atoms with Crippen LogP contribution in [0.25, 0.3) is 0 Å². The van der Waals surface area contributed by atoms with Crippen LogP contribution in [0.1, 0.15) is 20.8 Å². The van der Waals surface area contributed by atoms with Crippen LogP contribution < -0.4 is 10.6 Å². The fourth-order valence-electron chi connectivity index (χ4n) is 2.26. The Morgan fingerprint density at radius 1 is 0.964 bits per heavy atom. The van der Waals surface area contributed by atoms with E-state index >= 15 is 0 Å². The van der Waals surface area contributed by atoms with Crippen molar-refractivity contribution in [2.24, 2.45) is 0 Å². The predicted octanol–water partition coefficient (Wildman–Crippen LogP) is 3.54. The number of rotatable bonds is 5. The van der Waals surface area contributed by atoms with E-state index in [0.717, 1.165) is 12.1 Å². The van der Waals surface area contributed by atoms with Crippen LogP contribution in [0.4, 0.5) is 26.0 Å². The Labute approximate surface area is 158 Å². The lowest BCUT2D eigenvalue weighted by atomic mass is 10.2.